The van der Waals surface area contributed by atoms with Gasteiger partial charge in [0.05, 0.1) is 11.3 Å². The van der Waals surface area contributed by atoms with Gasteiger partial charge in [-0.25, -0.2) is 0 Å². The van der Waals surface area contributed by atoms with Gasteiger partial charge in [-0.2, -0.15) is 0 Å². The number of carbonyl (C=O) groups excluding carboxylic acids is 4. The van der Waals surface area contributed by atoms with Crippen LogP contribution in [0.15, 0.2) is 4.99 Å². The Morgan fingerprint density at radius 3 is 2.00 bits per heavy atom. The number of imide groups is 1. The van der Waals surface area contributed by atoms with Crippen molar-refractivity contribution >= 4 is 69.8 Å². The number of hydrogen-bond acceptors (Lipinski definition) is 8. The number of alkyl halides is 2. The predicted molar refractivity (Wildman–Crippen MR) is 165 cm³/mol. The number of halogens is 2. The van der Waals surface area contributed by atoms with E-state index in [2.05, 4.69) is 11.9 Å². The van der Waals surface area contributed by atoms with Crippen LogP contribution >= 0.6 is 35.0 Å². The number of aliphatic imine (C=N–C) groups is 1. The largest absolute Gasteiger partial charge is 0.459 e. The van der Waals surface area contributed by atoms with E-state index >= 15 is 0 Å². The molecule has 3 atom stereocenters. The second-order valence-electron chi connectivity index (χ2n) is 12.4. The summed E-state index contributed by atoms with van der Waals surface area (Å²) in [7, 11) is 1.46. The topological polar surface area (TPSA) is 126 Å². The maximum atomic E-state index is 13.4. The fraction of sp³-hybridized carbons (Fsp3) is 0.793. The minimum atomic E-state index is -1.01. The van der Waals surface area contributed by atoms with Crippen LogP contribution in [0.5, 0.6) is 0 Å². The van der Waals surface area contributed by atoms with Crippen LogP contribution in [0, 0.1) is 28.6 Å². The SMILES string of the molecule is CC1CC(Cl)C(C(C)(C)C(=N)SC(C(=O)OC(C)(C)C)C(=O)C2CCCCC2)C(Cl)C1.CN=CC(=O)NC(C)=O. The molecule has 0 saturated heterocycles. The quantitative estimate of drug-likeness (QED) is 0.115. The first-order valence-corrected chi connectivity index (χ1v) is 15.7. The van der Waals surface area contributed by atoms with E-state index in [-0.39, 0.29) is 39.3 Å². The van der Waals surface area contributed by atoms with Crippen LogP contribution in [0.2, 0.25) is 0 Å². The zero-order valence-electron chi connectivity index (χ0n) is 25.1. The summed E-state index contributed by atoms with van der Waals surface area (Å²) in [4.78, 5) is 50.3. The second kappa shape index (κ2) is 16.3. The minimum Gasteiger partial charge on any atom is -0.459 e. The molecule has 2 rings (SSSR count). The van der Waals surface area contributed by atoms with Crippen molar-refractivity contribution in [1.82, 2.24) is 5.32 Å². The number of hydrogen-bond donors (Lipinski definition) is 2. The Balaban J connectivity index is 0.000000763. The molecule has 40 heavy (non-hydrogen) atoms. The van der Waals surface area contributed by atoms with Crippen LogP contribution < -0.4 is 5.32 Å². The fourth-order valence-electron chi connectivity index (χ4n) is 5.21. The van der Waals surface area contributed by atoms with Gasteiger partial charge in [0, 0.05) is 42.0 Å². The molecule has 2 amide bonds. The van der Waals surface area contributed by atoms with E-state index in [0.29, 0.717) is 5.92 Å². The number of nitrogens with zero attached hydrogens (tertiary/aromatic N) is 1. The Bertz CT molecular complexity index is 932. The lowest BCUT2D eigenvalue weighted by atomic mass is 9.69. The van der Waals surface area contributed by atoms with E-state index in [0.717, 1.165) is 62.9 Å². The fourth-order valence-corrected chi connectivity index (χ4v) is 8.00. The molecule has 3 unspecified atom stereocenters. The molecular weight excluding hydrogens is 573 g/mol. The molecule has 11 heteroatoms. The van der Waals surface area contributed by atoms with Crippen LogP contribution in [-0.4, -0.2) is 63.5 Å². The highest BCUT2D eigenvalue weighted by molar-refractivity contribution is 8.15. The van der Waals surface area contributed by atoms with Crippen LogP contribution in [0.25, 0.3) is 0 Å². The van der Waals surface area contributed by atoms with Gasteiger partial charge < -0.3 is 4.74 Å². The standard InChI is InChI=1S/C24H39Cl2NO3S.C5H8N2O2/c1-14-12-16(25)18(17(26)13-14)24(5,6)22(27)31-20(21(29)30-23(2,3)4)19(28)15-10-8-7-9-11-15;1-4(8)7-5(9)3-6-2/h14-18,20,27H,7-13H2,1-6H3;3H,1-2H3,(H,7,8,9). The lowest BCUT2D eigenvalue weighted by Gasteiger charge is -2.45. The van der Waals surface area contributed by atoms with Crippen molar-refractivity contribution in [2.45, 2.75) is 115 Å². The highest BCUT2D eigenvalue weighted by Crippen LogP contribution is 2.48. The van der Waals surface area contributed by atoms with Crippen molar-refractivity contribution in [3.05, 3.63) is 0 Å². The van der Waals surface area contributed by atoms with Crippen LogP contribution in [0.1, 0.15) is 93.4 Å². The van der Waals surface area contributed by atoms with Gasteiger partial charge in [-0.3, -0.25) is 34.9 Å². The number of ether oxygens (including phenoxy) is 1. The van der Waals surface area contributed by atoms with Gasteiger partial charge in [-0.15, -0.1) is 23.2 Å². The third kappa shape index (κ3) is 11.8. The highest BCUT2D eigenvalue weighted by Gasteiger charge is 2.48. The van der Waals surface area contributed by atoms with E-state index in [1.54, 1.807) is 20.8 Å². The first-order valence-electron chi connectivity index (χ1n) is 13.9. The Morgan fingerprint density at radius 1 is 1.02 bits per heavy atom. The zero-order valence-corrected chi connectivity index (χ0v) is 27.5. The van der Waals surface area contributed by atoms with Crippen molar-refractivity contribution in [2.24, 2.45) is 28.2 Å². The molecule has 0 aromatic heterocycles. The summed E-state index contributed by atoms with van der Waals surface area (Å²) in [5, 5.41) is 9.90. The maximum absolute atomic E-state index is 13.4. The van der Waals surface area contributed by atoms with Gasteiger partial charge in [0.25, 0.3) is 5.91 Å². The van der Waals surface area contributed by atoms with Crippen molar-refractivity contribution < 1.29 is 23.9 Å². The third-order valence-corrected chi connectivity index (χ3v) is 9.44. The summed E-state index contributed by atoms with van der Waals surface area (Å²) in [5.41, 5.74) is -1.33. The molecule has 2 fully saturated rings. The highest BCUT2D eigenvalue weighted by atomic mass is 35.5. The number of esters is 1. The molecule has 0 spiro atoms. The average molecular weight is 621 g/mol. The predicted octanol–water partition coefficient (Wildman–Crippen LogP) is 6.19. The Hall–Kier alpha value is -1.45. The van der Waals surface area contributed by atoms with Crippen molar-refractivity contribution in [3.8, 4) is 0 Å². The summed E-state index contributed by atoms with van der Waals surface area (Å²) in [6.07, 6.45) is 7.51. The molecule has 2 aliphatic carbocycles. The average Bonchev–Trinajstić information content (AvgIpc) is 2.80. The van der Waals surface area contributed by atoms with E-state index in [9.17, 15) is 19.2 Å². The maximum Gasteiger partial charge on any atom is 0.327 e. The number of amides is 2. The van der Waals surface area contributed by atoms with Crippen molar-refractivity contribution in [1.29, 1.82) is 5.41 Å². The van der Waals surface area contributed by atoms with E-state index in [4.69, 9.17) is 33.3 Å². The molecule has 2 N–H and O–H groups in total. The normalized spacial score (nSPS) is 24.9. The molecule has 228 valence electrons. The number of thioether (sulfide) groups is 1. The monoisotopic (exact) mass is 619 g/mol. The van der Waals surface area contributed by atoms with E-state index < -0.39 is 28.1 Å². The number of Topliss-reactive ketones (excluding diaryl/α,β-unsaturated/α-hetero) is 1. The Kier molecular flexibility index (Phi) is 14.9. The third-order valence-electron chi connectivity index (χ3n) is 7.12. The van der Waals surface area contributed by atoms with Gasteiger partial charge in [0.2, 0.25) is 5.91 Å². The van der Waals surface area contributed by atoms with E-state index in [1.807, 2.05) is 19.2 Å². The molecule has 2 saturated carbocycles. The van der Waals surface area contributed by atoms with Gasteiger partial charge in [-0.05, 0) is 52.4 Å². The summed E-state index contributed by atoms with van der Waals surface area (Å²) in [6.45, 7) is 12.7. The number of carbonyl (C=O) groups is 4. The van der Waals surface area contributed by atoms with Crippen molar-refractivity contribution in [2.75, 3.05) is 7.05 Å². The van der Waals surface area contributed by atoms with Crippen LogP contribution in [0.3, 0.4) is 0 Å². The Morgan fingerprint density at radius 2 is 1.55 bits per heavy atom. The van der Waals surface area contributed by atoms with Gasteiger partial charge >= 0.3 is 5.97 Å². The molecule has 0 bridgehead atoms. The van der Waals surface area contributed by atoms with Crippen LogP contribution in [0.4, 0.5) is 0 Å². The lowest BCUT2D eigenvalue weighted by molar-refractivity contribution is -0.156. The molecule has 2 aliphatic rings. The summed E-state index contributed by atoms with van der Waals surface area (Å²) < 4.78 is 5.60. The summed E-state index contributed by atoms with van der Waals surface area (Å²) >= 11 is 14.5. The molecule has 8 nitrogen and oxygen atoms in total. The van der Waals surface area contributed by atoms with Crippen LogP contribution in [-0.2, 0) is 23.9 Å². The molecule has 0 aromatic rings. The van der Waals surface area contributed by atoms with Gasteiger partial charge in [0.15, 0.2) is 11.0 Å². The molecular formula is C29H47Cl2N3O5S. The van der Waals surface area contributed by atoms with E-state index in [1.165, 1.54) is 14.0 Å². The molecule has 0 aromatic carbocycles. The molecule has 0 heterocycles. The van der Waals surface area contributed by atoms with Gasteiger partial charge in [0.1, 0.15) is 5.60 Å². The summed E-state index contributed by atoms with van der Waals surface area (Å²) in [6, 6.07) is 0. The first kappa shape index (κ1) is 36.6. The smallest absolute Gasteiger partial charge is 0.327 e. The number of nitrogens with one attached hydrogen (secondary N) is 2. The minimum absolute atomic E-state index is 0.0957. The first-order chi connectivity index (χ1) is 18.4. The second-order valence-corrected chi connectivity index (χ2v) is 14.6. The Labute approximate surface area is 254 Å². The molecule has 0 aliphatic heterocycles. The van der Waals surface area contributed by atoms with Crippen molar-refractivity contribution in [3.63, 3.8) is 0 Å². The number of ketones is 1. The zero-order chi connectivity index (χ0) is 30.8. The number of rotatable bonds is 7. The molecule has 0 radical (unpaired) electrons. The summed E-state index contributed by atoms with van der Waals surface area (Å²) in [5.74, 6) is -1.29. The lowest BCUT2D eigenvalue weighted by Crippen LogP contribution is -2.47. The van der Waals surface area contributed by atoms with Gasteiger partial charge in [-0.1, -0.05) is 51.8 Å².